The van der Waals surface area contributed by atoms with Gasteiger partial charge in [0.25, 0.3) is 0 Å². The first-order valence-electron chi connectivity index (χ1n) is 5.08. The Kier molecular flexibility index (Phi) is 3.12. The Morgan fingerprint density at radius 1 is 1.44 bits per heavy atom. The number of halogens is 1. The number of imidazole rings is 1. The summed E-state index contributed by atoms with van der Waals surface area (Å²) in [6, 6.07) is 5.96. The summed E-state index contributed by atoms with van der Waals surface area (Å²) >= 11 is 3.48. The average molecular weight is 280 g/mol. The Morgan fingerprint density at radius 3 is 2.75 bits per heavy atom. The van der Waals surface area contributed by atoms with E-state index in [0.29, 0.717) is 0 Å². The molecule has 0 amide bonds. The highest BCUT2D eigenvalue weighted by atomic mass is 79.9. The fourth-order valence-corrected chi connectivity index (χ4v) is 1.93. The van der Waals surface area contributed by atoms with Crippen LogP contribution in [0.25, 0.3) is 0 Å². The van der Waals surface area contributed by atoms with Crippen molar-refractivity contribution in [2.24, 2.45) is 12.8 Å². The minimum Gasteiger partial charge on any atom is -0.336 e. The second-order valence-corrected chi connectivity index (χ2v) is 4.74. The number of aromatic nitrogens is 2. The van der Waals surface area contributed by atoms with E-state index in [1.54, 1.807) is 6.20 Å². The third-order valence-electron chi connectivity index (χ3n) is 2.68. The molecular formula is C12H14BrN3. The molecule has 2 aromatic rings. The highest BCUT2D eigenvalue weighted by molar-refractivity contribution is 9.10. The molecule has 2 rings (SSSR count). The van der Waals surface area contributed by atoms with Crippen LogP contribution in [-0.2, 0) is 7.05 Å². The molecule has 0 fully saturated rings. The van der Waals surface area contributed by atoms with Gasteiger partial charge in [-0.25, -0.2) is 4.98 Å². The van der Waals surface area contributed by atoms with Crippen molar-refractivity contribution in [2.45, 2.75) is 13.0 Å². The van der Waals surface area contributed by atoms with Gasteiger partial charge in [-0.15, -0.1) is 0 Å². The second kappa shape index (κ2) is 4.39. The average Bonchev–Trinajstić information content (AvgIpc) is 2.67. The molecule has 2 N–H and O–H groups in total. The lowest BCUT2D eigenvalue weighted by Gasteiger charge is -2.13. The molecular weight excluding hydrogens is 266 g/mol. The molecule has 16 heavy (non-hydrogen) atoms. The molecule has 1 aromatic carbocycles. The second-order valence-electron chi connectivity index (χ2n) is 3.88. The molecule has 0 bridgehead atoms. The third-order valence-corrected chi connectivity index (χ3v) is 3.57. The largest absolute Gasteiger partial charge is 0.336 e. The minimum absolute atomic E-state index is 0.174. The van der Waals surface area contributed by atoms with Gasteiger partial charge in [0.2, 0.25) is 0 Å². The van der Waals surface area contributed by atoms with Gasteiger partial charge in [0.15, 0.2) is 0 Å². The molecule has 0 aliphatic heterocycles. The Bertz CT molecular complexity index is 505. The van der Waals surface area contributed by atoms with E-state index in [9.17, 15) is 0 Å². The van der Waals surface area contributed by atoms with Gasteiger partial charge in [-0.1, -0.05) is 28.1 Å². The predicted molar refractivity (Wildman–Crippen MR) is 68.1 cm³/mol. The Hall–Kier alpha value is -1.13. The van der Waals surface area contributed by atoms with Gasteiger partial charge in [0.1, 0.15) is 5.82 Å². The van der Waals surface area contributed by atoms with Crippen molar-refractivity contribution in [3.8, 4) is 0 Å². The van der Waals surface area contributed by atoms with Crippen molar-refractivity contribution < 1.29 is 0 Å². The monoisotopic (exact) mass is 279 g/mol. The third kappa shape index (κ3) is 2.03. The number of hydrogen-bond donors (Lipinski definition) is 1. The van der Waals surface area contributed by atoms with Gasteiger partial charge in [-0.2, -0.15) is 0 Å². The molecule has 0 radical (unpaired) electrons. The fraction of sp³-hybridized carbons (Fsp3) is 0.250. The van der Waals surface area contributed by atoms with E-state index in [2.05, 4.69) is 33.9 Å². The van der Waals surface area contributed by atoms with Crippen molar-refractivity contribution in [1.29, 1.82) is 0 Å². The van der Waals surface area contributed by atoms with Crippen molar-refractivity contribution in [2.75, 3.05) is 0 Å². The summed E-state index contributed by atoms with van der Waals surface area (Å²) in [4.78, 5) is 4.27. The van der Waals surface area contributed by atoms with Crippen LogP contribution >= 0.6 is 15.9 Å². The molecule has 0 spiro atoms. The number of hydrogen-bond acceptors (Lipinski definition) is 2. The van der Waals surface area contributed by atoms with Crippen LogP contribution in [0.15, 0.2) is 35.1 Å². The molecule has 1 heterocycles. The van der Waals surface area contributed by atoms with Gasteiger partial charge in [-0.3, -0.25) is 0 Å². The van der Waals surface area contributed by atoms with Crippen LogP contribution in [0.5, 0.6) is 0 Å². The lowest BCUT2D eigenvalue weighted by Crippen LogP contribution is -2.16. The zero-order valence-corrected chi connectivity index (χ0v) is 10.9. The number of nitrogens with zero attached hydrogens (tertiary/aromatic N) is 2. The normalized spacial score (nSPS) is 12.8. The van der Waals surface area contributed by atoms with E-state index in [1.165, 1.54) is 5.56 Å². The smallest absolute Gasteiger partial charge is 0.129 e. The van der Waals surface area contributed by atoms with Crippen LogP contribution in [0.2, 0.25) is 0 Å². The molecule has 84 valence electrons. The summed E-state index contributed by atoms with van der Waals surface area (Å²) in [5.41, 5.74) is 8.44. The topological polar surface area (TPSA) is 43.8 Å². The van der Waals surface area contributed by atoms with Crippen molar-refractivity contribution in [3.05, 3.63) is 52.0 Å². The van der Waals surface area contributed by atoms with E-state index in [0.717, 1.165) is 15.9 Å². The van der Waals surface area contributed by atoms with Crippen LogP contribution in [-0.4, -0.2) is 9.55 Å². The van der Waals surface area contributed by atoms with E-state index in [1.807, 2.05) is 29.9 Å². The van der Waals surface area contributed by atoms with Crippen molar-refractivity contribution in [3.63, 3.8) is 0 Å². The zero-order chi connectivity index (χ0) is 11.7. The van der Waals surface area contributed by atoms with Gasteiger partial charge in [0, 0.05) is 23.9 Å². The standard InChI is InChI=1S/C12H14BrN3/c1-8-7-9(3-4-10(8)13)11(14)12-15-5-6-16(12)2/h3-7,11H,14H2,1-2H3. The van der Waals surface area contributed by atoms with Gasteiger partial charge < -0.3 is 10.3 Å². The first-order chi connectivity index (χ1) is 7.59. The summed E-state index contributed by atoms with van der Waals surface area (Å²) in [5.74, 6) is 0.877. The van der Waals surface area contributed by atoms with Crippen LogP contribution in [0.3, 0.4) is 0 Å². The van der Waals surface area contributed by atoms with Gasteiger partial charge >= 0.3 is 0 Å². The summed E-state index contributed by atoms with van der Waals surface area (Å²) in [6.45, 7) is 2.05. The van der Waals surface area contributed by atoms with E-state index in [-0.39, 0.29) is 6.04 Å². The lowest BCUT2D eigenvalue weighted by molar-refractivity contribution is 0.716. The summed E-state index contributed by atoms with van der Waals surface area (Å²) in [7, 11) is 1.95. The highest BCUT2D eigenvalue weighted by Crippen LogP contribution is 2.23. The SMILES string of the molecule is Cc1cc(C(N)c2nccn2C)ccc1Br. The Balaban J connectivity index is 2.38. The Labute approximate surface area is 103 Å². The summed E-state index contributed by atoms with van der Waals surface area (Å²) in [6.07, 6.45) is 3.67. The van der Waals surface area contributed by atoms with Crippen LogP contribution in [0.1, 0.15) is 23.0 Å². The van der Waals surface area contributed by atoms with E-state index >= 15 is 0 Å². The zero-order valence-electron chi connectivity index (χ0n) is 9.31. The molecule has 0 saturated heterocycles. The molecule has 0 saturated carbocycles. The van der Waals surface area contributed by atoms with Gasteiger partial charge in [-0.05, 0) is 24.1 Å². The van der Waals surface area contributed by atoms with Crippen molar-refractivity contribution >= 4 is 15.9 Å². The molecule has 0 aliphatic rings. The molecule has 0 aliphatic carbocycles. The molecule has 1 unspecified atom stereocenters. The minimum atomic E-state index is -0.174. The molecule has 3 nitrogen and oxygen atoms in total. The van der Waals surface area contributed by atoms with Crippen LogP contribution in [0.4, 0.5) is 0 Å². The van der Waals surface area contributed by atoms with E-state index in [4.69, 9.17) is 5.73 Å². The fourth-order valence-electron chi connectivity index (χ4n) is 1.69. The summed E-state index contributed by atoms with van der Waals surface area (Å²) in [5, 5.41) is 0. The maximum Gasteiger partial charge on any atom is 0.129 e. The number of benzene rings is 1. The quantitative estimate of drug-likeness (QED) is 0.918. The number of nitrogens with two attached hydrogens (primary N) is 1. The highest BCUT2D eigenvalue weighted by Gasteiger charge is 2.13. The molecule has 1 aromatic heterocycles. The number of rotatable bonds is 2. The van der Waals surface area contributed by atoms with E-state index < -0.39 is 0 Å². The first kappa shape index (κ1) is 11.4. The maximum atomic E-state index is 6.18. The molecule has 4 heteroatoms. The lowest BCUT2D eigenvalue weighted by atomic mass is 10.0. The first-order valence-corrected chi connectivity index (χ1v) is 5.87. The molecule has 1 atom stereocenters. The van der Waals surface area contributed by atoms with Crippen molar-refractivity contribution in [1.82, 2.24) is 9.55 Å². The maximum absolute atomic E-state index is 6.18. The Morgan fingerprint density at radius 2 is 2.19 bits per heavy atom. The van der Waals surface area contributed by atoms with Gasteiger partial charge in [0.05, 0.1) is 6.04 Å². The predicted octanol–water partition coefficient (Wildman–Crippen LogP) is 2.54. The van der Waals surface area contributed by atoms with Crippen LogP contribution in [0, 0.1) is 6.92 Å². The summed E-state index contributed by atoms with van der Waals surface area (Å²) < 4.78 is 3.05. The number of aryl methyl sites for hydroxylation is 2. The van der Waals surface area contributed by atoms with Crippen LogP contribution < -0.4 is 5.73 Å².